The predicted molar refractivity (Wildman–Crippen MR) is 172 cm³/mol. The van der Waals surface area contributed by atoms with Gasteiger partial charge in [0.1, 0.15) is 0 Å². The third kappa shape index (κ3) is 15.5. The molecule has 0 bridgehead atoms. The molecule has 0 aromatic heterocycles. The maximum Gasteiger partial charge on any atom is 0.511 e. The normalized spacial score (nSPS) is 11.9. The zero-order valence-corrected chi connectivity index (χ0v) is 28.9. The fourth-order valence-corrected chi connectivity index (χ4v) is 4.34. The van der Waals surface area contributed by atoms with E-state index in [2.05, 4.69) is 0 Å². The molecule has 0 aliphatic heterocycles. The molecule has 0 aliphatic carbocycles. The van der Waals surface area contributed by atoms with E-state index in [-0.39, 0.29) is 26.6 Å². The van der Waals surface area contributed by atoms with E-state index in [9.17, 15) is 68.8 Å². The van der Waals surface area contributed by atoms with Crippen LogP contribution in [0.1, 0.15) is 22.3 Å². The number of nitrogens with zero attached hydrogens (tertiary/aromatic N) is 4. The van der Waals surface area contributed by atoms with Gasteiger partial charge in [-0.2, -0.15) is 13.2 Å². The summed E-state index contributed by atoms with van der Waals surface area (Å²) < 4.78 is 188. The van der Waals surface area contributed by atoms with Crippen molar-refractivity contribution in [3.63, 3.8) is 0 Å². The summed E-state index contributed by atoms with van der Waals surface area (Å²) in [7, 11) is -6.54. The molecule has 0 saturated carbocycles. The van der Waals surface area contributed by atoms with E-state index in [1.807, 2.05) is 0 Å². The van der Waals surface area contributed by atoms with E-state index in [0.717, 1.165) is 38.8 Å². The molecule has 0 atom stereocenters. The van der Waals surface area contributed by atoms with Gasteiger partial charge in [-0.25, -0.2) is 72.8 Å². The Bertz CT molecular complexity index is 1730. The second-order valence-corrected chi connectivity index (χ2v) is 17.6. The molecule has 2 aromatic carbocycles. The van der Waals surface area contributed by atoms with Crippen LogP contribution in [0.5, 0.6) is 0 Å². The van der Waals surface area contributed by atoms with Crippen molar-refractivity contribution >= 4 is 40.1 Å². The van der Waals surface area contributed by atoms with Crippen LogP contribution >= 0.6 is 0 Å². The Morgan fingerprint density at radius 3 is 0.980 bits per heavy atom. The summed E-state index contributed by atoms with van der Waals surface area (Å²) in [6.07, 6.45) is 1.16. The zero-order valence-electron chi connectivity index (χ0n) is 25.6. The Balaban J connectivity index is -0.000000180. The van der Waals surface area contributed by atoms with Gasteiger partial charge in [0.05, 0.1) is 11.2 Å². The van der Waals surface area contributed by atoms with Crippen molar-refractivity contribution in [2.45, 2.75) is 37.6 Å². The van der Waals surface area contributed by atoms with Crippen molar-refractivity contribution in [3.05, 3.63) is 59.4 Å². The van der Waals surface area contributed by atoms with E-state index < -0.39 is 79.6 Å². The van der Waals surface area contributed by atoms with Gasteiger partial charge in [-0.3, -0.25) is 0 Å². The lowest BCUT2D eigenvalue weighted by Gasteiger charge is -2.13. The van der Waals surface area contributed by atoms with Crippen LogP contribution in [0, 0.1) is 29.1 Å². The van der Waals surface area contributed by atoms with Crippen LogP contribution in [0.2, 0.25) is 0 Å². The van der Waals surface area contributed by atoms with Crippen LogP contribution in [0.25, 0.3) is 0 Å². The molecule has 292 valence electrons. The molecule has 0 aliphatic rings. The maximum atomic E-state index is 13.1. The van der Waals surface area contributed by atoms with Gasteiger partial charge in [0.2, 0.25) is 35.9 Å². The largest absolute Gasteiger partial charge is 0.511 e. The van der Waals surface area contributed by atoms with Gasteiger partial charge < -0.3 is 0 Å². The summed E-state index contributed by atoms with van der Waals surface area (Å²) in [4.78, 5) is -1.53. The highest BCUT2D eigenvalue weighted by Crippen LogP contribution is 2.28. The lowest BCUT2D eigenvalue weighted by atomic mass is 10.3. The summed E-state index contributed by atoms with van der Waals surface area (Å²) in [6, 6.07) is 8.35. The van der Waals surface area contributed by atoms with Gasteiger partial charge in [0, 0.05) is 56.4 Å². The molecule has 2 rings (SSSR count). The molecular weight excluding hydrogens is 765 g/mol. The smallest absolute Gasteiger partial charge is 0.213 e. The van der Waals surface area contributed by atoms with Gasteiger partial charge >= 0.3 is 15.5 Å². The van der Waals surface area contributed by atoms with Gasteiger partial charge in [-0.1, -0.05) is 40.5 Å². The fourth-order valence-electron chi connectivity index (χ4n) is 2.00. The molecule has 0 saturated heterocycles. The first-order chi connectivity index (χ1) is 20.3. The Hall–Kier alpha value is -2.48. The van der Waals surface area contributed by atoms with Crippen LogP contribution in [-0.2, 0) is 40.1 Å². The third-order valence-corrected chi connectivity index (χ3v) is 11.4. The standard InChI is InChI=1S/C8H6F5NO2S.C8H11NO2S.C3H6F3NO2S.C3H9NO2S.3CH4/c1-14(2)17(15,16)8-6(12)4(10)3(9)5(11)7(8)13;1-9(2)12(10,11)8-6-4-3-5-7-8;1-7(2)10(8,9)3(4,5)6;1-4(2)7(3,5)6;;;/h1-2H3;3-7H,1-2H3;1-2H3;1-3H3;3*1H4. The number of halogens is 8. The zero-order chi connectivity index (χ0) is 37.4. The number of alkyl halides is 3. The molecular formula is C25H44F8N4O8S4. The SMILES string of the molecule is C.C.C.CN(C)S(=O)(=O)C(F)(F)F.CN(C)S(=O)(=O)c1c(F)c(F)c(F)c(F)c1F.CN(C)S(=O)(=O)c1ccccc1.CN(C)S(C)(=O)=O. The van der Waals surface area contributed by atoms with E-state index >= 15 is 0 Å². The Labute approximate surface area is 285 Å². The molecule has 0 unspecified atom stereocenters. The van der Waals surface area contributed by atoms with Crippen molar-refractivity contribution in [2.24, 2.45) is 0 Å². The minimum Gasteiger partial charge on any atom is -0.213 e. The highest BCUT2D eigenvalue weighted by Gasteiger charge is 2.47. The highest BCUT2D eigenvalue weighted by atomic mass is 32.2. The number of hydrogen-bond acceptors (Lipinski definition) is 8. The Kier molecular flexibility index (Phi) is 24.0. The molecule has 0 heterocycles. The molecule has 0 radical (unpaired) electrons. The second-order valence-electron chi connectivity index (χ2n) is 9.07. The third-order valence-electron chi connectivity index (χ3n) is 4.87. The van der Waals surface area contributed by atoms with Crippen molar-refractivity contribution < 1.29 is 68.8 Å². The molecule has 0 amide bonds. The second kappa shape index (κ2) is 21.0. The van der Waals surface area contributed by atoms with Crippen molar-refractivity contribution in [2.75, 3.05) is 62.6 Å². The monoisotopic (exact) mass is 808 g/mol. The summed E-state index contributed by atoms with van der Waals surface area (Å²) in [5.74, 6) is -11.8. The summed E-state index contributed by atoms with van der Waals surface area (Å²) in [6.45, 7) is 0. The minimum atomic E-state index is -5.18. The van der Waals surface area contributed by atoms with Crippen LogP contribution in [-0.4, -0.2) is 119 Å². The first-order valence-corrected chi connectivity index (χ1v) is 17.8. The topological polar surface area (TPSA) is 150 Å². The van der Waals surface area contributed by atoms with Gasteiger partial charge in [0.15, 0.2) is 28.2 Å². The molecule has 12 nitrogen and oxygen atoms in total. The van der Waals surface area contributed by atoms with Crippen LogP contribution < -0.4 is 0 Å². The quantitative estimate of drug-likeness (QED) is 0.237. The van der Waals surface area contributed by atoms with Crippen LogP contribution in [0.15, 0.2) is 40.1 Å². The minimum absolute atomic E-state index is 0. The maximum absolute atomic E-state index is 13.1. The number of benzene rings is 2. The average molecular weight is 809 g/mol. The van der Waals surface area contributed by atoms with E-state index in [1.165, 1.54) is 32.5 Å². The van der Waals surface area contributed by atoms with Gasteiger partial charge in [-0.15, -0.1) is 0 Å². The molecule has 0 N–H and O–H groups in total. The van der Waals surface area contributed by atoms with E-state index in [0.29, 0.717) is 9.20 Å². The number of rotatable bonds is 6. The Morgan fingerprint density at radius 2 is 0.776 bits per heavy atom. The Morgan fingerprint density at radius 1 is 0.490 bits per heavy atom. The van der Waals surface area contributed by atoms with Gasteiger partial charge in [0.25, 0.3) is 0 Å². The van der Waals surface area contributed by atoms with Crippen molar-refractivity contribution in [1.82, 2.24) is 17.2 Å². The predicted octanol–water partition coefficient (Wildman–Crippen LogP) is 4.38. The first kappa shape index (κ1) is 55.9. The average Bonchev–Trinajstić information content (AvgIpc) is 2.91. The molecule has 24 heteroatoms. The lowest BCUT2D eigenvalue weighted by molar-refractivity contribution is -0.0476. The molecule has 2 aromatic rings. The van der Waals surface area contributed by atoms with E-state index in [1.54, 1.807) is 30.3 Å². The molecule has 49 heavy (non-hydrogen) atoms. The number of sulfonamides is 4. The number of hydrogen-bond donors (Lipinski definition) is 0. The molecule has 0 spiro atoms. The summed E-state index contributed by atoms with van der Waals surface area (Å²) in [5.41, 5.74) is -5.18. The van der Waals surface area contributed by atoms with E-state index in [4.69, 9.17) is 0 Å². The first-order valence-electron chi connectivity index (χ1n) is 11.6. The van der Waals surface area contributed by atoms with Crippen molar-refractivity contribution in [1.29, 1.82) is 0 Å². The van der Waals surface area contributed by atoms with Crippen LogP contribution in [0.3, 0.4) is 0 Å². The van der Waals surface area contributed by atoms with Crippen molar-refractivity contribution in [3.8, 4) is 0 Å². The fraction of sp³-hybridized carbons (Fsp3) is 0.520. The lowest BCUT2D eigenvalue weighted by Crippen LogP contribution is -2.35. The molecule has 0 fully saturated rings. The summed E-state index contributed by atoms with van der Waals surface area (Å²) >= 11 is 0. The highest BCUT2D eigenvalue weighted by molar-refractivity contribution is 7.90. The van der Waals surface area contributed by atoms with Gasteiger partial charge in [-0.05, 0) is 12.1 Å². The van der Waals surface area contributed by atoms with Crippen LogP contribution in [0.4, 0.5) is 35.1 Å². The summed E-state index contributed by atoms with van der Waals surface area (Å²) in [5, 5.41) is 0.